The number of cyclic esters (lactones) is 1. The van der Waals surface area contributed by atoms with Gasteiger partial charge in [0, 0.05) is 10.0 Å². The van der Waals surface area contributed by atoms with Gasteiger partial charge in [0.15, 0.2) is 0 Å². The summed E-state index contributed by atoms with van der Waals surface area (Å²) in [6.45, 7) is 1.31. The first-order valence-corrected chi connectivity index (χ1v) is 10.5. The Balaban J connectivity index is 0.000000391. The molecule has 1 amide bonds. The maximum absolute atomic E-state index is 11.7. The van der Waals surface area contributed by atoms with Crippen molar-refractivity contribution in [1.82, 2.24) is 4.90 Å². The Hall–Kier alpha value is -3.32. The number of amides is 1. The van der Waals surface area contributed by atoms with Gasteiger partial charge < -0.3 is 19.5 Å². The summed E-state index contributed by atoms with van der Waals surface area (Å²) in [5.74, 6) is 0.260. The third kappa shape index (κ3) is 7.15. The number of hydrogen-bond acceptors (Lipinski definition) is 4. The number of carboxylic acid groups (broad SMARTS) is 1. The number of ether oxygens (including phenoxy) is 2. The molecular weight excluding hydrogens is 462 g/mol. The van der Waals surface area contributed by atoms with Crippen LogP contribution in [0.15, 0.2) is 83.3 Å². The van der Waals surface area contributed by atoms with Crippen molar-refractivity contribution in [3.8, 4) is 11.5 Å². The molecule has 1 heterocycles. The van der Waals surface area contributed by atoms with Crippen LogP contribution in [0.25, 0.3) is 0 Å². The third-order valence-corrected chi connectivity index (χ3v) is 4.87. The lowest BCUT2D eigenvalue weighted by molar-refractivity contribution is -0.136. The highest BCUT2D eigenvalue weighted by molar-refractivity contribution is 9.10. The molecule has 0 unspecified atom stereocenters. The van der Waals surface area contributed by atoms with E-state index >= 15 is 0 Å². The maximum Gasteiger partial charge on any atom is 0.410 e. The zero-order chi connectivity index (χ0) is 22.1. The number of rotatable bonds is 6. The smallest absolute Gasteiger partial charge is 0.410 e. The highest BCUT2D eigenvalue weighted by Crippen LogP contribution is 2.30. The fourth-order valence-corrected chi connectivity index (χ4v) is 3.36. The van der Waals surface area contributed by atoms with Gasteiger partial charge in [-0.1, -0.05) is 64.5 Å². The van der Waals surface area contributed by atoms with Crippen LogP contribution in [-0.2, 0) is 22.5 Å². The Morgan fingerprint density at radius 3 is 2.35 bits per heavy atom. The zero-order valence-electron chi connectivity index (χ0n) is 16.7. The van der Waals surface area contributed by atoms with E-state index in [0.717, 1.165) is 10.0 Å². The quantitative estimate of drug-likeness (QED) is 0.500. The van der Waals surface area contributed by atoms with Crippen LogP contribution < -0.4 is 4.74 Å². The molecule has 6 nitrogen and oxygen atoms in total. The largest absolute Gasteiger partial charge is 0.481 e. The van der Waals surface area contributed by atoms with E-state index in [9.17, 15) is 9.59 Å². The van der Waals surface area contributed by atoms with Gasteiger partial charge in [-0.15, -0.1) is 0 Å². The molecule has 1 saturated heterocycles. The topological polar surface area (TPSA) is 76.1 Å². The SMILES string of the molecule is O=C(O)Cc1cccc(Oc2ccc(Br)cc2CN2CCOC2=O)c1.c1ccccc1. The highest BCUT2D eigenvalue weighted by Gasteiger charge is 2.23. The third-order valence-electron chi connectivity index (χ3n) is 4.38. The Morgan fingerprint density at radius 2 is 1.74 bits per heavy atom. The molecule has 0 aliphatic carbocycles. The number of aliphatic carboxylic acids is 1. The lowest BCUT2D eigenvalue weighted by atomic mass is 10.1. The van der Waals surface area contributed by atoms with Crippen LogP contribution in [0.2, 0.25) is 0 Å². The fraction of sp³-hybridized carbons (Fsp3) is 0.167. The average Bonchev–Trinajstić information content (AvgIpc) is 3.16. The van der Waals surface area contributed by atoms with E-state index < -0.39 is 5.97 Å². The summed E-state index contributed by atoms with van der Waals surface area (Å²) in [4.78, 5) is 24.1. The van der Waals surface area contributed by atoms with Gasteiger partial charge in [-0.3, -0.25) is 4.79 Å². The number of carbonyl (C=O) groups is 2. The minimum Gasteiger partial charge on any atom is -0.481 e. The summed E-state index contributed by atoms with van der Waals surface area (Å²) in [5, 5.41) is 8.91. The van der Waals surface area contributed by atoms with Crippen LogP contribution in [0.4, 0.5) is 4.79 Å². The average molecular weight is 484 g/mol. The molecule has 0 spiro atoms. The Kier molecular flexibility index (Phi) is 8.06. The Labute approximate surface area is 189 Å². The van der Waals surface area contributed by atoms with Crippen molar-refractivity contribution in [3.05, 3.63) is 94.5 Å². The monoisotopic (exact) mass is 483 g/mol. The molecule has 0 aromatic heterocycles. The van der Waals surface area contributed by atoms with Gasteiger partial charge in [0.05, 0.1) is 19.5 Å². The number of halogens is 1. The number of carboxylic acids is 1. The summed E-state index contributed by atoms with van der Waals surface area (Å²) in [6.07, 6.45) is -0.404. The van der Waals surface area contributed by atoms with Crippen LogP contribution in [0.1, 0.15) is 11.1 Å². The molecule has 160 valence electrons. The Morgan fingerprint density at radius 1 is 1.03 bits per heavy atom. The van der Waals surface area contributed by atoms with Crippen LogP contribution in [-0.4, -0.2) is 35.2 Å². The van der Waals surface area contributed by atoms with Crippen molar-refractivity contribution in [2.24, 2.45) is 0 Å². The van der Waals surface area contributed by atoms with Crippen LogP contribution >= 0.6 is 15.9 Å². The van der Waals surface area contributed by atoms with Crippen molar-refractivity contribution in [3.63, 3.8) is 0 Å². The van der Waals surface area contributed by atoms with Crippen molar-refractivity contribution in [2.45, 2.75) is 13.0 Å². The molecule has 3 aromatic carbocycles. The van der Waals surface area contributed by atoms with Gasteiger partial charge >= 0.3 is 12.1 Å². The predicted molar refractivity (Wildman–Crippen MR) is 120 cm³/mol. The van der Waals surface area contributed by atoms with Crippen molar-refractivity contribution < 1.29 is 24.2 Å². The second-order valence-corrected chi connectivity index (χ2v) is 7.68. The van der Waals surface area contributed by atoms with E-state index in [4.69, 9.17) is 14.6 Å². The molecule has 31 heavy (non-hydrogen) atoms. The van der Waals surface area contributed by atoms with Gasteiger partial charge in [-0.05, 0) is 35.9 Å². The molecule has 0 atom stereocenters. The zero-order valence-corrected chi connectivity index (χ0v) is 18.3. The number of carbonyl (C=O) groups excluding carboxylic acids is 1. The van der Waals surface area contributed by atoms with E-state index in [-0.39, 0.29) is 12.5 Å². The summed E-state index contributed by atoms with van der Waals surface area (Å²) in [5.41, 5.74) is 1.49. The fourth-order valence-electron chi connectivity index (χ4n) is 2.95. The van der Waals surface area contributed by atoms with Crippen molar-refractivity contribution in [1.29, 1.82) is 0 Å². The van der Waals surface area contributed by atoms with E-state index in [1.54, 1.807) is 29.2 Å². The first-order chi connectivity index (χ1) is 15.0. The van der Waals surface area contributed by atoms with Gasteiger partial charge in [0.25, 0.3) is 0 Å². The minimum atomic E-state index is -0.894. The standard InChI is InChI=1S/C18H16BrNO5.C6H6/c19-14-4-5-16(13(10-14)11-20-6-7-24-18(20)23)25-15-3-1-2-12(8-15)9-17(21)22;1-2-4-6-5-3-1/h1-5,8,10H,6-7,9,11H2,(H,21,22);1-6H. The minimum absolute atomic E-state index is 0.0655. The van der Waals surface area contributed by atoms with Gasteiger partial charge in [-0.25, -0.2) is 4.79 Å². The molecular formula is C24H22BrNO5. The maximum atomic E-state index is 11.7. The van der Waals surface area contributed by atoms with Crippen LogP contribution in [0, 0.1) is 0 Å². The number of benzene rings is 3. The summed E-state index contributed by atoms with van der Waals surface area (Å²) in [7, 11) is 0. The molecule has 3 aromatic rings. The molecule has 1 aliphatic rings. The number of nitrogens with zero attached hydrogens (tertiary/aromatic N) is 1. The molecule has 0 radical (unpaired) electrons. The van der Waals surface area contributed by atoms with Crippen molar-refractivity contribution in [2.75, 3.05) is 13.2 Å². The number of hydrogen-bond donors (Lipinski definition) is 1. The second-order valence-electron chi connectivity index (χ2n) is 6.76. The van der Waals surface area contributed by atoms with Gasteiger partial charge in [-0.2, -0.15) is 0 Å². The normalized spacial score (nSPS) is 12.5. The summed E-state index contributed by atoms with van der Waals surface area (Å²) >= 11 is 3.43. The first-order valence-electron chi connectivity index (χ1n) is 9.70. The second kappa shape index (κ2) is 11.2. The van der Waals surface area contributed by atoms with Crippen LogP contribution in [0.3, 0.4) is 0 Å². The summed E-state index contributed by atoms with van der Waals surface area (Å²) < 4.78 is 11.8. The molecule has 4 rings (SSSR count). The molecule has 0 bridgehead atoms. The van der Waals surface area contributed by atoms with Crippen molar-refractivity contribution >= 4 is 28.0 Å². The van der Waals surface area contributed by atoms with E-state index in [1.807, 2.05) is 54.6 Å². The summed E-state index contributed by atoms with van der Waals surface area (Å²) in [6, 6.07) is 24.5. The molecule has 1 N–H and O–H groups in total. The molecule has 1 fully saturated rings. The molecule has 1 aliphatic heterocycles. The van der Waals surface area contributed by atoms with Gasteiger partial charge in [0.1, 0.15) is 18.1 Å². The van der Waals surface area contributed by atoms with Crippen LogP contribution in [0.5, 0.6) is 11.5 Å². The van der Waals surface area contributed by atoms with Gasteiger partial charge in [0.2, 0.25) is 0 Å². The molecule has 0 saturated carbocycles. The highest BCUT2D eigenvalue weighted by atomic mass is 79.9. The van der Waals surface area contributed by atoms with E-state index in [2.05, 4.69) is 15.9 Å². The lowest BCUT2D eigenvalue weighted by Gasteiger charge is -2.17. The van der Waals surface area contributed by atoms with E-state index in [1.165, 1.54) is 0 Å². The van der Waals surface area contributed by atoms with E-state index in [0.29, 0.717) is 36.8 Å². The lowest BCUT2D eigenvalue weighted by Crippen LogP contribution is -2.23. The Bertz CT molecular complexity index is 999. The first kappa shape index (κ1) is 22.4. The predicted octanol–water partition coefficient (Wildman–Crippen LogP) is 5.51. The molecule has 7 heteroatoms.